The maximum absolute atomic E-state index is 12.5. The molecule has 0 radical (unpaired) electrons. The summed E-state index contributed by atoms with van der Waals surface area (Å²) in [6, 6.07) is 5.79. The van der Waals surface area contributed by atoms with E-state index < -0.39 is 10.0 Å². The first kappa shape index (κ1) is 19.5. The van der Waals surface area contributed by atoms with Gasteiger partial charge >= 0.3 is 0 Å². The number of rotatable bonds is 7. The van der Waals surface area contributed by atoms with Crippen molar-refractivity contribution in [3.8, 4) is 0 Å². The molecule has 0 saturated heterocycles. The second kappa shape index (κ2) is 7.40. The lowest BCUT2D eigenvalue weighted by Gasteiger charge is -2.21. The lowest BCUT2D eigenvalue weighted by Crippen LogP contribution is -2.33. The van der Waals surface area contributed by atoms with Crippen LogP contribution in [0.15, 0.2) is 29.2 Å². The summed E-state index contributed by atoms with van der Waals surface area (Å²) in [7, 11) is -0.119. The summed E-state index contributed by atoms with van der Waals surface area (Å²) in [5.41, 5.74) is 0.394. The quantitative estimate of drug-likeness (QED) is 0.774. The molecule has 3 rings (SSSR count). The van der Waals surface area contributed by atoms with E-state index in [0.29, 0.717) is 17.3 Å². The van der Waals surface area contributed by atoms with Gasteiger partial charge in [-0.2, -0.15) is 4.31 Å². The molecule has 1 N–H and O–H groups in total. The zero-order chi connectivity index (χ0) is 19.8. The Morgan fingerprint density at radius 3 is 2.44 bits per heavy atom. The van der Waals surface area contributed by atoms with E-state index in [-0.39, 0.29) is 23.4 Å². The van der Waals surface area contributed by atoms with Crippen molar-refractivity contribution in [3.63, 3.8) is 0 Å². The van der Waals surface area contributed by atoms with Crippen LogP contribution in [-0.2, 0) is 23.6 Å². The van der Waals surface area contributed by atoms with Gasteiger partial charge in [0.1, 0.15) is 5.82 Å². The molecule has 1 amide bonds. The van der Waals surface area contributed by atoms with E-state index in [4.69, 9.17) is 0 Å². The molecule has 1 fully saturated rings. The highest BCUT2D eigenvalue weighted by atomic mass is 32.2. The largest absolute Gasteiger partial charge is 0.345 e. The minimum atomic E-state index is -3.56. The fraction of sp³-hybridized carbons (Fsp3) is 0.500. The molecule has 0 unspecified atom stereocenters. The molecule has 2 aromatic rings. The Morgan fingerprint density at radius 1 is 1.26 bits per heavy atom. The van der Waals surface area contributed by atoms with Crippen LogP contribution in [0.4, 0.5) is 0 Å². The summed E-state index contributed by atoms with van der Waals surface area (Å²) in [5, 5.41) is 11.1. The topological polar surface area (TPSA) is 97.2 Å². The Bertz CT molecular complexity index is 930. The molecule has 1 aliphatic rings. The second-order valence-electron chi connectivity index (χ2n) is 7.13. The van der Waals surface area contributed by atoms with Gasteiger partial charge in [0.25, 0.3) is 5.91 Å². The summed E-state index contributed by atoms with van der Waals surface area (Å²) >= 11 is 0. The molecule has 27 heavy (non-hydrogen) atoms. The Kier molecular flexibility index (Phi) is 5.34. The minimum absolute atomic E-state index is 0.148. The average molecular weight is 391 g/mol. The van der Waals surface area contributed by atoms with Gasteiger partial charge in [-0.3, -0.25) is 4.79 Å². The van der Waals surface area contributed by atoms with Gasteiger partial charge in [0.05, 0.1) is 11.4 Å². The summed E-state index contributed by atoms with van der Waals surface area (Å²) in [6.07, 6.45) is 2.28. The number of nitrogens with one attached hydrogen (secondary N) is 1. The SMILES string of the molecule is CC(C)N(C)S(=O)(=O)c1ccc(C(=O)NCc2nnc(C3CC3)n2C)cc1. The van der Waals surface area contributed by atoms with Crippen LogP contribution in [-0.4, -0.2) is 46.5 Å². The van der Waals surface area contributed by atoms with E-state index >= 15 is 0 Å². The molecule has 1 saturated carbocycles. The van der Waals surface area contributed by atoms with Crippen LogP contribution in [0, 0.1) is 0 Å². The molecule has 0 bridgehead atoms. The molecule has 1 aliphatic carbocycles. The zero-order valence-electron chi connectivity index (χ0n) is 16.0. The van der Waals surface area contributed by atoms with Gasteiger partial charge in [0.2, 0.25) is 10.0 Å². The standard InChI is InChI=1S/C18H25N5O3S/c1-12(2)23(4)27(25,26)15-9-7-14(8-10-15)18(24)19-11-16-20-21-17(22(16)3)13-5-6-13/h7-10,12-13H,5-6,11H2,1-4H3,(H,19,24). The highest BCUT2D eigenvalue weighted by Crippen LogP contribution is 2.38. The lowest BCUT2D eigenvalue weighted by molar-refractivity contribution is 0.0949. The van der Waals surface area contributed by atoms with Crippen molar-refractivity contribution in [2.45, 2.75) is 50.1 Å². The summed E-state index contributed by atoms with van der Waals surface area (Å²) < 4.78 is 28.2. The van der Waals surface area contributed by atoms with E-state index in [0.717, 1.165) is 18.7 Å². The molecule has 0 atom stereocenters. The van der Waals surface area contributed by atoms with Gasteiger partial charge in [-0.1, -0.05) is 0 Å². The van der Waals surface area contributed by atoms with Crippen molar-refractivity contribution < 1.29 is 13.2 Å². The van der Waals surface area contributed by atoms with Crippen molar-refractivity contribution >= 4 is 15.9 Å². The summed E-state index contributed by atoms with van der Waals surface area (Å²) in [5.74, 6) is 1.86. The highest BCUT2D eigenvalue weighted by molar-refractivity contribution is 7.89. The monoisotopic (exact) mass is 391 g/mol. The van der Waals surface area contributed by atoms with Crippen LogP contribution in [0.1, 0.15) is 54.6 Å². The van der Waals surface area contributed by atoms with Crippen LogP contribution in [0.2, 0.25) is 0 Å². The first-order chi connectivity index (χ1) is 12.7. The van der Waals surface area contributed by atoms with Crippen LogP contribution < -0.4 is 5.32 Å². The highest BCUT2D eigenvalue weighted by Gasteiger charge is 2.29. The number of aromatic nitrogens is 3. The molecule has 8 nitrogen and oxygen atoms in total. The molecular weight excluding hydrogens is 366 g/mol. The maximum Gasteiger partial charge on any atom is 0.251 e. The molecule has 0 spiro atoms. The van der Waals surface area contributed by atoms with Crippen molar-refractivity contribution in [3.05, 3.63) is 41.5 Å². The summed E-state index contributed by atoms with van der Waals surface area (Å²) in [4.78, 5) is 12.5. The molecule has 1 heterocycles. The molecule has 146 valence electrons. The fourth-order valence-electron chi connectivity index (χ4n) is 2.71. The number of carbonyl (C=O) groups excluding carboxylic acids is 1. The average Bonchev–Trinajstić information content (AvgIpc) is 3.42. The fourth-order valence-corrected chi connectivity index (χ4v) is 4.08. The van der Waals surface area contributed by atoms with E-state index in [2.05, 4.69) is 15.5 Å². The van der Waals surface area contributed by atoms with Gasteiger partial charge in [-0.15, -0.1) is 10.2 Å². The van der Waals surface area contributed by atoms with Crippen molar-refractivity contribution in [1.82, 2.24) is 24.4 Å². The number of hydrogen-bond donors (Lipinski definition) is 1. The predicted molar refractivity (Wildman–Crippen MR) is 101 cm³/mol. The first-order valence-electron chi connectivity index (χ1n) is 8.96. The first-order valence-corrected chi connectivity index (χ1v) is 10.4. The minimum Gasteiger partial charge on any atom is -0.345 e. The third kappa shape index (κ3) is 4.03. The number of nitrogens with zero attached hydrogens (tertiary/aromatic N) is 4. The van der Waals surface area contributed by atoms with Crippen LogP contribution in [0.25, 0.3) is 0 Å². The smallest absolute Gasteiger partial charge is 0.251 e. The number of amides is 1. The van der Waals surface area contributed by atoms with Gasteiger partial charge in [0, 0.05) is 31.6 Å². The van der Waals surface area contributed by atoms with E-state index in [9.17, 15) is 13.2 Å². The zero-order valence-corrected chi connectivity index (χ0v) is 16.8. The molecular formula is C18H25N5O3S. The van der Waals surface area contributed by atoms with E-state index in [1.165, 1.54) is 35.6 Å². The second-order valence-corrected chi connectivity index (χ2v) is 9.13. The Morgan fingerprint density at radius 2 is 1.89 bits per heavy atom. The number of benzene rings is 1. The van der Waals surface area contributed by atoms with Gasteiger partial charge in [-0.25, -0.2) is 8.42 Å². The lowest BCUT2D eigenvalue weighted by atomic mass is 10.2. The third-order valence-corrected chi connectivity index (χ3v) is 6.92. The Balaban J connectivity index is 1.65. The molecule has 0 aliphatic heterocycles. The van der Waals surface area contributed by atoms with Crippen molar-refractivity contribution in [2.75, 3.05) is 7.05 Å². The van der Waals surface area contributed by atoms with Crippen molar-refractivity contribution in [1.29, 1.82) is 0 Å². The Hall–Kier alpha value is -2.26. The van der Waals surface area contributed by atoms with Gasteiger partial charge in [-0.05, 0) is 51.0 Å². The van der Waals surface area contributed by atoms with E-state index in [1.807, 2.05) is 11.6 Å². The van der Waals surface area contributed by atoms with Crippen LogP contribution in [0.5, 0.6) is 0 Å². The van der Waals surface area contributed by atoms with E-state index in [1.54, 1.807) is 13.8 Å². The predicted octanol–water partition coefficient (Wildman–Crippen LogP) is 1.65. The molecule has 9 heteroatoms. The van der Waals surface area contributed by atoms with Crippen LogP contribution >= 0.6 is 0 Å². The van der Waals surface area contributed by atoms with Gasteiger partial charge in [0.15, 0.2) is 5.82 Å². The van der Waals surface area contributed by atoms with Crippen molar-refractivity contribution in [2.24, 2.45) is 7.05 Å². The molecule has 1 aromatic carbocycles. The summed E-state index contributed by atoms with van der Waals surface area (Å²) in [6.45, 7) is 3.88. The molecule has 1 aromatic heterocycles. The number of carbonyl (C=O) groups is 1. The van der Waals surface area contributed by atoms with Crippen LogP contribution in [0.3, 0.4) is 0 Å². The van der Waals surface area contributed by atoms with Gasteiger partial charge < -0.3 is 9.88 Å². The maximum atomic E-state index is 12.5. The third-order valence-electron chi connectivity index (χ3n) is 4.87. The number of sulfonamides is 1. The number of hydrogen-bond acceptors (Lipinski definition) is 5. The Labute approximate surface area is 159 Å². The normalized spacial score (nSPS) is 14.7.